The summed E-state index contributed by atoms with van der Waals surface area (Å²) in [5.41, 5.74) is 1.30. The van der Waals surface area contributed by atoms with Crippen LogP contribution in [0.15, 0.2) is 52.4 Å². The van der Waals surface area contributed by atoms with Crippen LogP contribution >= 0.6 is 11.8 Å². The Balaban J connectivity index is 1.79. The van der Waals surface area contributed by atoms with Crippen LogP contribution in [0.2, 0.25) is 0 Å². The first-order valence-corrected chi connectivity index (χ1v) is 9.46. The third-order valence-electron chi connectivity index (χ3n) is 3.65. The van der Waals surface area contributed by atoms with E-state index in [9.17, 15) is 14.7 Å². The van der Waals surface area contributed by atoms with E-state index >= 15 is 0 Å². The Kier molecular flexibility index (Phi) is 6.40. The van der Waals surface area contributed by atoms with E-state index in [1.165, 1.54) is 23.9 Å². The zero-order chi connectivity index (χ0) is 20.8. The number of benzene rings is 2. The van der Waals surface area contributed by atoms with E-state index in [0.29, 0.717) is 39.4 Å². The van der Waals surface area contributed by atoms with Crippen LogP contribution < -0.4 is 14.8 Å². The number of amidine groups is 1. The molecule has 0 aliphatic carbocycles. The van der Waals surface area contributed by atoms with Crippen molar-refractivity contribution in [3.8, 4) is 17.2 Å². The van der Waals surface area contributed by atoms with Gasteiger partial charge in [-0.15, -0.1) is 0 Å². The number of phenols is 1. The summed E-state index contributed by atoms with van der Waals surface area (Å²) < 4.78 is 10.7. The minimum Gasteiger partial charge on any atom is -0.508 e. The van der Waals surface area contributed by atoms with E-state index in [2.05, 4.69) is 10.3 Å². The summed E-state index contributed by atoms with van der Waals surface area (Å²) in [6, 6.07) is 11.3. The number of hydrogen-bond acceptors (Lipinski definition) is 7. The average Bonchev–Trinajstić information content (AvgIpc) is 3.02. The molecule has 1 saturated heterocycles. The molecule has 0 spiro atoms. The van der Waals surface area contributed by atoms with Gasteiger partial charge in [0.1, 0.15) is 5.75 Å². The molecule has 150 valence electrons. The van der Waals surface area contributed by atoms with Gasteiger partial charge in [0.05, 0.1) is 17.2 Å². The molecule has 3 rings (SSSR count). The van der Waals surface area contributed by atoms with Crippen molar-refractivity contribution in [3.05, 3.63) is 52.9 Å². The summed E-state index contributed by atoms with van der Waals surface area (Å²) in [4.78, 5) is 27.7. The normalized spacial score (nSPS) is 16.1. The fourth-order valence-electron chi connectivity index (χ4n) is 2.42. The van der Waals surface area contributed by atoms with Crippen molar-refractivity contribution in [2.24, 2.45) is 4.99 Å². The monoisotopic (exact) mass is 414 g/mol. The van der Waals surface area contributed by atoms with Crippen molar-refractivity contribution in [1.82, 2.24) is 5.32 Å². The zero-order valence-corrected chi connectivity index (χ0v) is 16.2. The van der Waals surface area contributed by atoms with Gasteiger partial charge in [-0.3, -0.25) is 4.79 Å². The molecule has 2 aromatic carbocycles. The van der Waals surface area contributed by atoms with Crippen molar-refractivity contribution in [2.75, 3.05) is 13.2 Å². The highest BCUT2D eigenvalue weighted by Gasteiger charge is 2.24. The molecular formula is C20H18N2O6S. The van der Waals surface area contributed by atoms with Crippen LogP contribution in [0.1, 0.15) is 12.5 Å². The Morgan fingerprint density at radius 3 is 2.62 bits per heavy atom. The molecule has 1 aliphatic heterocycles. The highest BCUT2D eigenvalue weighted by molar-refractivity contribution is 8.18. The molecule has 9 heteroatoms. The largest absolute Gasteiger partial charge is 0.508 e. The molecule has 1 aliphatic rings. The molecule has 1 fully saturated rings. The van der Waals surface area contributed by atoms with Crippen molar-refractivity contribution >= 4 is 40.6 Å². The summed E-state index contributed by atoms with van der Waals surface area (Å²) in [7, 11) is 0. The number of aromatic hydroxyl groups is 1. The zero-order valence-electron chi connectivity index (χ0n) is 15.4. The fourth-order valence-corrected chi connectivity index (χ4v) is 3.26. The maximum absolute atomic E-state index is 12.2. The summed E-state index contributed by atoms with van der Waals surface area (Å²) in [5.74, 6) is -0.521. The van der Waals surface area contributed by atoms with Gasteiger partial charge in [-0.25, -0.2) is 9.79 Å². The van der Waals surface area contributed by atoms with Crippen LogP contribution in [0.5, 0.6) is 17.2 Å². The van der Waals surface area contributed by atoms with Gasteiger partial charge in [-0.05, 0) is 66.7 Å². The van der Waals surface area contributed by atoms with E-state index in [4.69, 9.17) is 14.6 Å². The number of nitrogens with one attached hydrogen (secondary N) is 1. The lowest BCUT2D eigenvalue weighted by Gasteiger charge is -2.11. The van der Waals surface area contributed by atoms with Crippen LogP contribution in [0.4, 0.5) is 5.69 Å². The smallest absolute Gasteiger partial charge is 0.341 e. The van der Waals surface area contributed by atoms with E-state index in [-0.39, 0.29) is 11.7 Å². The number of thioether (sulfide) groups is 1. The number of carbonyl (C=O) groups is 2. The Hall–Kier alpha value is -3.46. The van der Waals surface area contributed by atoms with Crippen LogP contribution in [-0.2, 0) is 9.59 Å². The van der Waals surface area contributed by atoms with Crippen molar-refractivity contribution < 1.29 is 29.3 Å². The highest BCUT2D eigenvalue weighted by Crippen LogP contribution is 2.32. The van der Waals surface area contributed by atoms with Gasteiger partial charge in [0.25, 0.3) is 5.91 Å². The molecule has 0 atom stereocenters. The van der Waals surface area contributed by atoms with Gasteiger partial charge in [-0.2, -0.15) is 0 Å². The number of phenolic OH excluding ortho intramolecular Hbond substituents is 1. The van der Waals surface area contributed by atoms with Crippen molar-refractivity contribution in [1.29, 1.82) is 0 Å². The first-order chi connectivity index (χ1) is 13.9. The first kappa shape index (κ1) is 20.3. The van der Waals surface area contributed by atoms with Gasteiger partial charge in [0.15, 0.2) is 23.3 Å². The van der Waals surface area contributed by atoms with Crippen molar-refractivity contribution in [2.45, 2.75) is 6.92 Å². The number of carboxylic acids is 1. The Morgan fingerprint density at radius 2 is 1.93 bits per heavy atom. The average molecular weight is 414 g/mol. The molecule has 0 aromatic heterocycles. The predicted octanol–water partition coefficient (Wildman–Crippen LogP) is 3.15. The molecule has 1 amide bonds. The SMILES string of the molecule is CCOc1cc(/C=C2/SC(=Nc3ccc(O)cc3)NC2=O)ccc1OCC(=O)O. The summed E-state index contributed by atoms with van der Waals surface area (Å²) in [6.07, 6.45) is 1.68. The molecular weight excluding hydrogens is 396 g/mol. The molecule has 3 N–H and O–H groups in total. The van der Waals surface area contributed by atoms with E-state index in [0.717, 1.165) is 0 Å². The number of rotatable bonds is 7. The van der Waals surface area contributed by atoms with Crippen LogP contribution in [-0.4, -0.2) is 40.5 Å². The fraction of sp³-hybridized carbons (Fsp3) is 0.150. The Bertz CT molecular complexity index is 985. The van der Waals surface area contributed by atoms with Gasteiger partial charge in [-0.1, -0.05) is 6.07 Å². The van der Waals surface area contributed by atoms with Crippen LogP contribution in [0.25, 0.3) is 6.08 Å². The number of aliphatic imine (C=N–C) groups is 1. The van der Waals surface area contributed by atoms with Gasteiger partial charge in [0, 0.05) is 0 Å². The maximum Gasteiger partial charge on any atom is 0.341 e. The lowest BCUT2D eigenvalue weighted by Crippen LogP contribution is -2.19. The van der Waals surface area contributed by atoms with E-state index in [1.54, 1.807) is 43.3 Å². The molecule has 1 heterocycles. The standard InChI is InChI=1S/C20H18N2O6S/c1-2-27-16-9-12(3-8-15(16)28-11-18(24)25)10-17-19(26)22-20(29-17)21-13-4-6-14(23)7-5-13/h3-10,23H,2,11H2,1H3,(H,24,25)(H,21,22,26)/b17-10+. The number of hydrogen-bond donors (Lipinski definition) is 3. The molecule has 0 unspecified atom stereocenters. The minimum absolute atomic E-state index is 0.138. The molecule has 0 radical (unpaired) electrons. The Labute approximate surface area is 170 Å². The minimum atomic E-state index is -1.09. The van der Waals surface area contributed by atoms with Crippen molar-refractivity contribution in [3.63, 3.8) is 0 Å². The predicted molar refractivity (Wildman–Crippen MR) is 110 cm³/mol. The second kappa shape index (κ2) is 9.16. The number of amides is 1. The Morgan fingerprint density at radius 1 is 1.17 bits per heavy atom. The second-order valence-electron chi connectivity index (χ2n) is 5.82. The van der Waals surface area contributed by atoms with Gasteiger partial charge in [0.2, 0.25) is 0 Å². The summed E-state index contributed by atoms with van der Waals surface area (Å²) in [5, 5.41) is 21.2. The van der Waals surface area contributed by atoms with E-state index < -0.39 is 12.6 Å². The number of carbonyl (C=O) groups excluding carboxylic acids is 1. The third-order valence-corrected chi connectivity index (χ3v) is 4.56. The van der Waals surface area contributed by atoms with Crippen LogP contribution in [0.3, 0.4) is 0 Å². The molecule has 0 bridgehead atoms. The number of aliphatic carboxylic acids is 1. The first-order valence-electron chi connectivity index (χ1n) is 8.64. The highest BCUT2D eigenvalue weighted by atomic mass is 32.2. The molecule has 8 nitrogen and oxygen atoms in total. The second-order valence-corrected chi connectivity index (χ2v) is 6.85. The molecule has 0 saturated carbocycles. The molecule has 29 heavy (non-hydrogen) atoms. The maximum atomic E-state index is 12.2. The lowest BCUT2D eigenvalue weighted by molar-refractivity contribution is -0.139. The van der Waals surface area contributed by atoms with Crippen LogP contribution in [0, 0.1) is 0 Å². The van der Waals surface area contributed by atoms with Gasteiger partial charge < -0.3 is 25.0 Å². The van der Waals surface area contributed by atoms with E-state index in [1.807, 2.05) is 0 Å². The van der Waals surface area contributed by atoms with Gasteiger partial charge >= 0.3 is 5.97 Å². The number of carboxylic acid groups (broad SMARTS) is 1. The number of ether oxygens (including phenoxy) is 2. The quantitative estimate of drug-likeness (QED) is 0.596. The topological polar surface area (TPSA) is 117 Å². The number of nitrogens with zero attached hydrogens (tertiary/aromatic N) is 1. The summed E-state index contributed by atoms with van der Waals surface area (Å²) in [6.45, 7) is 1.70. The summed E-state index contributed by atoms with van der Waals surface area (Å²) >= 11 is 1.19. The molecule has 2 aromatic rings. The lowest BCUT2D eigenvalue weighted by atomic mass is 10.2. The third kappa shape index (κ3) is 5.52.